The molecular weight excluding hydrogens is 312 g/mol. The van der Waals surface area contributed by atoms with E-state index in [2.05, 4.69) is 25.1 Å². The van der Waals surface area contributed by atoms with Gasteiger partial charge in [0, 0.05) is 10.6 Å². The molecule has 0 aromatic carbocycles. The fourth-order valence-corrected chi connectivity index (χ4v) is 4.71. The Labute approximate surface area is 138 Å². The number of thioether (sulfide) groups is 1. The zero-order valence-corrected chi connectivity index (χ0v) is 14.4. The lowest BCUT2D eigenvalue weighted by molar-refractivity contribution is 0.389. The molecule has 0 saturated carbocycles. The quantitative estimate of drug-likeness (QED) is 0.602. The summed E-state index contributed by atoms with van der Waals surface area (Å²) in [6.07, 6.45) is 7.12. The summed E-state index contributed by atoms with van der Waals surface area (Å²) in [6, 6.07) is 0. The van der Waals surface area contributed by atoms with Gasteiger partial charge in [-0.15, -0.1) is 24.5 Å². The monoisotopic (exact) mass is 332 g/mol. The minimum Gasteiger partial charge on any atom is -0.414 e. The number of nitrogens with zero attached hydrogens (tertiary/aromatic N) is 2. The van der Waals surface area contributed by atoms with E-state index in [0.717, 1.165) is 34.7 Å². The molecule has 3 rings (SSSR count). The maximum Gasteiger partial charge on any atom is 0.259 e. The fourth-order valence-electron chi connectivity index (χ4n) is 2.73. The van der Waals surface area contributed by atoms with Crippen molar-refractivity contribution in [3.8, 4) is 0 Å². The van der Waals surface area contributed by atoms with Crippen molar-refractivity contribution < 1.29 is 4.42 Å². The predicted octanol–water partition coefficient (Wildman–Crippen LogP) is 4.38. The maximum absolute atomic E-state index is 5.94. The highest BCUT2D eigenvalue weighted by atomic mass is 32.2. The van der Waals surface area contributed by atoms with Crippen molar-refractivity contribution in [1.29, 1.82) is 0 Å². The van der Waals surface area contributed by atoms with Crippen LogP contribution in [-0.4, -0.2) is 17.3 Å². The van der Waals surface area contributed by atoms with E-state index >= 15 is 0 Å². The van der Waals surface area contributed by atoms with Gasteiger partial charge in [-0.25, -0.2) is 4.99 Å². The highest BCUT2D eigenvalue weighted by Gasteiger charge is 2.23. The van der Waals surface area contributed by atoms with Crippen molar-refractivity contribution in [2.45, 2.75) is 31.4 Å². The molecule has 3 nitrogen and oxygen atoms in total. The Morgan fingerprint density at radius 3 is 3.09 bits per heavy atom. The van der Waals surface area contributed by atoms with Crippen LogP contribution in [0, 0.1) is 5.92 Å². The van der Waals surface area contributed by atoms with Gasteiger partial charge in [0.15, 0.2) is 0 Å². The largest absolute Gasteiger partial charge is 0.414 e. The van der Waals surface area contributed by atoms with E-state index in [4.69, 9.17) is 9.40 Å². The van der Waals surface area contributed by atoms with Crippen LogP contribution < -0.4 is 5.55 Å². The van der Waals surface area contributed by atoms with Crippen LogP contribution in [0.4, 0.5) is 0 Å². The number of thiophene rings is 1. The number of fused-ring (bicyclic) bond motifs is 3. The van der Waals surface area contributed by atoms with Gasteiger partial charge < -0.3 is 4.42 Å². The van der Waals surface area contributed by atoms with Crippen molar-refractivity contribution in [1.82, 2.24) is 4.98 Å². The second-order valence-electron chi connectivity index (χ2n) is 5.55. The van der Waals surface area contributed by atoms with E-state index in [-0.39, 0.29) is 0 Å². The molecule has 2 aromatic rings. The van der Waals surface area contributed by atoms with Gasteiger partial charge >= 0.3 is 0 Å². The van der Waals surface area contributed by atoms with Crippen LogP contribution in [-0.2, 0) is 12.8 Å². The van der Waals surface area contributed by atoms with Crippen molar-refractivity contribution >= 4 is 33.3 Å². The molecule has 0 spiro atoms. The average Bonchev–Trinajstić information content (AvgIpc) is 2.87. The highest BCUT2D eigenvalue weighted by Crippen LogP contribution is 2.36. The third kappa shape index (κ3) is 3.06. The first kappa shape index (κ1) is 15.6. The molecule has 1 unspecified atom stereocenters. The lowest BCUT2D eigenvalue weighted by atomic mass is 9.89. The summed E-state index contributed by atoms with van der Waals surface area (Å²) in [4.78, 5) is 11.8. The Hall–Kier alpha value is -1.33. The molecule has 1 aliphatic carbocycles. The van der Waals surface area contributed by atoms with E-state index in [0.29, 0.717) is 17.3 Å². The number of hydrogen-bond donors (Lipinski definition) is 0. The topological polar surface area (TPSA) is 38.4 Å². The standard InChI is InChI=1S/C17H20N2OS2/c1-4-8-18-15-14-12-7-6-11(3)10-13(12)22-16(14)19-17(20-15)21-9-5-2/h4-5,11H,1-2,6-10H2,3H3. The molecule has 1 aliphatic rings. The van der Waals surface area contributed by atoms with E-state index in [1.807, 2.05) is 6.08 Å². The van der Waals surface area contributed by atoms with Gasteiger partial charge in [0.2, 0.25) is 5.55 Å². The van der Waals surface area contributed by atoms with E-state index in [1.54, 1.807) is 29.2 Å². The van der Waals surface area contributed by atoms with Crippen LogP contribution in [0.25, 0.3) is 10.2 Å². The smallest absolute Gasteiger partial charge is 0.259 e. The van der Waals surface area contributed by atoms with Gasteiger partial charge in [0.05, 0.1) is 11.9 Å². The molecule has 2 aromatic heterocycles. The molecule has 0 amide bonds. The normalized spacial score (nSPS) is 18.4. The molecule has 0 aliphatic heterocycles. The third-order valence-electron chi connectivity index (χ3n) is 3.77. The van der Waals surface area contributed by atoms with Crippen molar-refractivity contribution in [3.05, 3.63) is 41.3 Å². The maximum atomic E-state index is 5.94. The van der Waals surface area contributed by atoms with E-state index in [9.17, 15) is 0 Å². The molecular formula is C17H20N2OS2. The zero-order valence-electron chi connectivity index (χ0n) is 12.8. The van der Waals surface area contributed by atoms with Gasteiger partial charge in [0.25, 0.3) is 5.22 Å². The molecule has 5 heteroatoms. The summed E-state index contributed by atoms with van der Waals surface area (Å²) < 4.78 is 5.94. The van der Waals surface area contributed by atoms with Crippen molar-refractivity contribution in [2.75, 3.05) is 12.3 Å². The molecule has 0 fully saturated rings. The number of hydrogen-bond acceptors (Lipinski definition) is 5. The summed E-state index contributed by atoms with van der Waals surface area (Å²) in [5.74, 6) is 1.53. The average molecular weight is 332 g/mol. The van der Waals surface area contributed by atoms with E-state index < -0.39 is 0 Å². The second kappa shape index (κ2) is 6.84. The summed E-state index contributed by atoms with van der Waals surface area (Å²) in [6.45, 7) is 10.4. The van der Waals surface area contributed by atoms with Crippen LogP contribution in [0.1, 0.15) is 23.8 Å². The summed E-state index contributed by atoms with van der Waals surface area (Å²) >= 11 is 3.36. The molecule has 1 atom stereocenters. The first-order valence-corrected chi connectivity index (χ1v) is 9.33. The number of aromatic nitrogens is 1. The lowest BCUT2D eigenvalue weighted by Gasteiger charge is -2.17. The van der Waals surface area contributed by atoms with Crippen LogP contribution in [0.3, 0.4) is 0 Å². The van der Waals surface area contributed by atoms with Crippen LogP contribution in [0.2, 0.25) is 0 Å². The number of aryl methyl sites for hydroxylation is 1. The molecule has 0 bridgehead atoms. The van der Waals surface area contributed by atoms with Gasteiger partial charge in [-0.1, -0.05) is 30.8 Å². The Balaban J connectivity index is 2.17. The summed E-state index contributed by atoms with van der Waals surface area (Å²) in [7, 11) is 0. The van der Waals surface area contributed by atoms with Gasteiger partial charge in [0.1, 0.15) is 4.83 Å². The second-order valence-corrected chi connectivity index (χ2v) is 7.60. The van der Waals surface area contributed by atoms with Gasteiger partial charge in [-0.05, 0) is 30.7 Å². The third-order valence-corrected chi connectivity index (χ3v) is 5.74. The molecule has 0 saturated heterocycles. The zero-order chi connectivity index (χ0) is 15.5. The van der Waals surface area contributed by atoms with Crippen LogP contribution in [0.5, 0.6) is 0 Å². The molecule has 116 valence electrons. The molecule has 2 heterocycles. The minimum atomic E-state index is 0.565. The van der Waals surface area contributed by atoms with E-state index in [1.165, 1.54) is 16.9 Å². The Bertz CT molecular complexity index is 773. The highest BCUT2D eigenvalue weighted by molar-refractivity contribution is 7.99. The predicted molar refractivity (Wildman–Crippen MR) is 94.6 cm³/mol. The number of rotatable bonds is 5. The van der Waals surface area contributed by atoms with Crippen LogP contribution in [0.15, 0.2) is 39.9 Å². The minimum absolute atomic E-state index is 0.565. The summed E-state index contributed by atoms with van der Waals surface area (Å²) in [5.41, 5.74) is 2.11. The Morgan fingerprint density at radius 1 is 1.45 bits per heavy atom. The first-order valence-electron chi connectivity index (χ1n) is 7.53. The summed E-state index contributed by atoms with van der Waals surface area (Å²) in [5, 5.41) is 1.79. The lowest BCUT2D eigenvalue weighted by Crippen LogP contribution is -2.12. The Kier molecular flexibility index (Phi) is 4.84. The van der Waals surface area contributed by atoms with Crippen LogP contribution >= 0.6 is 23.1 Å². The van der Waals surface area contributed by atoms with Gasteiger partial charge in [-0.2, -0.15) is 4.98 Å². The molecule has 22 heavy (non-hydrogen) atoms. The SMILES string of the molecule is C=CCN=c1oc(SCC=C)nc2sc3c(c12)CCC(C)C3. The Morgan fingerprint density at radius 2 is 2.32 bits per heavy atom. The molecule has 0 N–H and O–H groups in total. The van der Waals surface area contributed by atoms with Crippen molar-refractivity contribution in [2.24, 2.45) is 10.9 Å². The first-order chi connectivity index (χ1) is 10.7. The van der Waals surface area contributed by atoms with Crippen molar-refractivity contribution in [3.63, 3.8) is 0 Å². The molecule has 0 radical (unpaired) electrons. The van der Waals surface area contributed by atoms with Gasteiger partial charge in [-0.3, -0.25) is 0 Å². The fraction of sp³-hybridized carbons (Fsp3) is 0.412.